The van der Waals surface area contributed by atoms with Crippen LogP contribution >= 0.6 is 0 Å². The van der Waals surface area contributed by atoms with Crippen LogP contribution in [0.4, 0.5) is 11.5 Å². The lowest BCUT2D eigenvalue weighted by atomic mass is 10.1. The summed E-state index contributed by atoms with van der Waals surface area (Å²) in [6, 6.07) is 8.42. The lowest BCUT2D eigenvalue weighted by Gasteiger charge is -2.36. The molecule has 0 radical (unpaired) electrons. The van der Waals surface area contributed by atoms with Crippen LogP contribution in [-0.2, 0) is 14.8 Å². The number of hydrogen-bond donors (Lipinski definition) is 1. The number of amides is 1. The van der Waals surface area contributed by atoms with E-state index in [0.29, 0.717) is 18.8 Å². The van der Waals surface area contributed by atoms with E-state index < -0.39 is 10.0 Å². The predicted octanol–water partition coefficient (Wildman–Crippen LogP) is 2.03. The van der Waals surface area contributed by atoms with Gasteiger partial charge in [-0.05, 0) is 44.0 Å². The topological polar surface area (TPSA) is 95.5 Å². The molecule has 3 rings (SSSR count). The fourth-order valence-corrected chi connectivity index (χ4v) is 4.82. The lowest BCUT2D eigenvalue weighted by Crippen LogP contribution is -2.45. The van der Waals surface area contributed by atoms with Crippen LogP contribution in [0.5, 0.6) is 0 Å². The van der Waals surface area contributed by atoms with Gasteiger partial charge in [-0.2, -0.15) is 4.31 Å². The second-order valence-corrected chi connectivity index (χ2v) is 8.91. The van der Waals surface area contributed by atoms with Gasteiger partial charge in [0.05, 0.1) is 4.90 Å². The van der Waals surface area contributed by atoms with Gasteiger partial charge < -0.3 is 10.2 Å². The molecule has 1 aliphatic rings. The summed E-state index contributed by atoms with van der Waals surface area (Å²) in [4.78, 5) is 21.9. The van der Waals surface area contributed by atoms with Crippen LogP contribution in [0.2, 0.25) is 0 Å². The minimum atomic E-state index is -3.55. The molecule has 1 amide bonds. The number of piperidine rings is 1. The van der Waals surface area contributed by atoms with E-state index in [-0.39, 0.29) is 16.8 Å². The first-order chi connectivity index (χ1) is 13.3. The third-order valence-electron chi connectivity index (χ3n) is 4.93. The number of aromatic nitrogens is 2. The van der Waals surface area contributed by atoms with Gasteiger partial charge in [0.15, 0.2) is 0 Å². The third-order valence-corrected chi connectivity index (χ3v) is 6.85. The Morgan fingerprint density at radius 3 is 2.39 bits per heavy atom. The molecule has 150 valence electrons. The Morgan fingerprint density at radius 2 is 1.82 bits per heavy atom. The van der Waals surface area contributed by atoms with Crippen molar-refractivity contribution in [2.45, 2.75) is 37.6 Å². The number of rotatable bonds is 5. The van der Waals surface area contributed by atoms with Crippen LogP contribution in [0, 0.1) is 6.92 Å². The first-order valence-corrected chi connectivity index (χ1v) is 10.6. The summed E-state index contributed by atoms with van der Waals surface area (Å²) in [7, 11) is -1.57. The van der Waals surface area contributed by atoms with Crippen molar-refractivity contribution >= 4 is 27.4 Å². The van der Waals surface area contributed by atoms with Crippen molar-refractivity contribution in [2.75, 3.05) is 30.4 Å². The summed E-state index contributed by atoms with van der Waals surface area (Å²) in [5.41, 5.74) is 1.48. The van der Waals surface area contributed by atoms with Crippen molar-refractivity contribution in [3.63, 3.8) is 0 Å². The first kappa shape index (κ1) is 20.2. The van der Waals surface area contributed by atoms with Gasteiger partial charge in [-0.3, -0.25) is 4.79 Å². The fourth-order valence-electron chi connectivity index (χ4n) is 3.35. The van der Waals surface area contributed by atoms with Crippen LogP contribution in [0.1, 0.15) is 25.5 Å². The number of carbonyl (C=O) groups is 1. The van der Waals surface area contributed by atoms with Gasteiger partial charge in [0.2, 0.25) is 15.9 Å². The largest absolute Gasteiger partial charge is 0.356 e. The van der Waals surface area contributed by atoms with E-state index in [1.54, 1.807) is 18.5 Å². The van der Waals surface area contributed by atoms with Crippen molar-refractivity contribution in [3.8, 4) is 0 Å². The van der Waals surface area contributed by atoms with Crippen molar-refractivity contribution in [1.82, 2.24) is 14.3 Å². The molecule has 0 bridgehead atoms. The van der Waals surface area contributed by atoms with Crippen LogP contribution in [0.3, 0.4) is 0 Å². The molecule has 0 atom stereocenters. The predicted molar refractivity (Wildman–Crippen MR) is 108 cm³/mol. The van der Waals surface area contributed by atoms with Crippen LogP contribution < -0.4 is 10.2 Å². The molecule has 1 fully saturated rings. The Hall–Kier alpha value is -2.52. The summed E-state index contributed by atoms with van der Waals surface area (Å²) >= 11 is 0. The number of carbonyl (C=O) groups excluding carboxylic acids is 1. The standard InChI is InChI=1S/C19H25N5O3S/c1-14-12-19(21-13-20-14)23(3)17-8-10-24(11-9-17)28(26,27)18-6-4-16(5-7-18)22-15(2)25/h4-7,12-13,17H,8-11H2,1-3H3,(H,22,25). The van der Waals surface area contributed by atoms with E-state index in [9.17, 15) is 13.2 Å². The SMILES string of the molecule is CC(=O)Nc1ccc(S(=O)(=O)N2CCC(N(C)c3cc(C)ncn3)CC2)cc1. The summed E-state index contributed by atoms with van der Waals surface area (Å²) in [5.74, 6) is 0.656. The van der Waals surface area contributed by atoms with E-state index in [2.05, 4.69) is 20.2 Å². The zero-order valence-electron chi connectivity index (χ0n) is 16.3. The Morgan fingerprint density at radius 1 is 1.18 bits per heavy atom. The average molecular weight is 404 g/mol. The van der Waals surface area contributed by atoms with Crippen LogP contribution in [-0.4, -0.2) is 54.8 Å². The number of benzene rings is 1. The molecule has 0 spiro atoms. The zero-order chi connectivity index (χ0) is 20.3. The van der Waals surface area contributed by atoms with Crippen LogP contribution in [0.25, 0.3) is 0 Å². The van der Waals surface area contributed by atoms with Gasteiger partial charge in [-0.15, -0.1) is 0 Å². The van der Waals surface area contributed by atoms with Gasteiger partial charge in [-0.25, -0.2) is 18.4 Å². The Bertz CT molecular complexity index is 938. The Labute approximate surface area is 165 Å². The lowest BCUT2D eigenvalue weighted by molar-refractivity contribution is -0.114. The maximum atomic E-state index is 12.9. The van der Waals surface area contributed by atoms with Crippen molar-refractivity contribution in [2.24, 2.45) is 0 Å². The average Bonchev–Trinajstić information content (AvgIpc) is 2.67. The smallest absolute Gasteiger partial charge is 0.243 e. The van der Waals surface area contributed by atoms with Crippen LogP contribution in [0.15, 0.2) is 41.6 Å². The molecule has 9 heteroatoms. The molecule has 1 aromatic carbocycles. The summed E-state index contributed by atoms with van der Waals surface area (Å²) in [6.07, 6.45) is 3.00. The van der Waals surface area contributed by atoms with E-state index >= 15 is 0 Å². The first-order valence-electron chi connectivity index (χ1n) is 9.16. The highest BCUT2D eigenvalue weighted by Crippen LogP contribution is 2.25. The fraction of sp³-hybridized carbons (Fsp3) is 0.421. The monoisotopic (exact) mass is 403 g/mol. The number of hydrogen-bond acceptors (Lipinski definition) is 6. The number of anilines is 2. The van der Waals surface area contributed by atoms with Gasteiger partial charge in [0.1, 0.15) is 12.1 Å². The molecule has 0 unspecified atom stereocenters. The highest BCUT2D eigenvalue weighted by molar-refractivity contribution is 7.89. The number of nitrogens with one attached hydrogen (secondary N) is 1. The molecule has 28 heavy (non-hydrogen) atoms. The van der Waals surface area contributed by atoms with E-state index in [0.717, 1.165) is 24.4 Å². The summed E-state index contributed by atoms with van der Waals surface area (Å²) in [5, 5.41) is 2.64. The number of aryl methyl sites for hydroxylation is 1. The van der Waals surface area contributed by atoms with Gasteiger partial charge in [0, 0.05) is 50.6 Å². The second-order valence-electron chi connectivity index (χ2n) is 6.97. The molecule has 1 aromatic heterocycles. The molecule has 0 aliphatic carbocycles. The summed E-state index contributed by atoms with van der Waals surface area (Å²) < 4.78 is 27.4. The molecule has 2 aromatic rings. The molecule has 1 saturated heterocycles. The van der Waals surface area contributed by atoms with Crippen molar-refractivity contribution < 1.29 is 13.2 Å². The van der Waals surface area contributed by atoms with Crippen molar-refractivity contribution in [3.05, 3.63) is 42.4 Å². The highest BCUT2D eigenvalue weighted by Gasteiger charge is 2.31. The quantitative estimate of drug-likeness (QED) is 0.821. The van der Waals surface area contributed by atoms with Gasteiger partial charge in [-0.1, -0.05) is 0 Å². The van der Waals surface area contributed by atoms with Gasteiger partial charge in [0.25, 0.3) is 0 Å². The molecule has 2 heterocycles. The second kappa shape index (κ2) is 8.24. The van der Waals surface area contributed by atoms with E-state index in [1.165, 1.54) is 23.4 Å². The minimum absolute atomic E-state index is 0.194. The molecule has 1 aliphatic heterocycles. The maximum absolute atomic E-state index is 12.9. The molecule has 1 N–H and O–H groups in total. The molecular formula is C19H25N5O3S. The maximum Gasteiger partial charge on any atom is 0.243 e. The minimum Gasteiger partial charge on any atom is -0.356 e. The molecule has 8 nitrogen and oxygen atoms in total. The molecule has 0 saturated carbocycles. The molecular weight excluding hydrogens is 378 g/mol. The van der Waals surface area contributed by atoms with Gasteiger partial charge >= 0.3 is 0 Å². The van der Waals surface area contributed by atoms with E-state index in [1.807, 2.05) is 20.0 Å². The number of nitrogens with zero attached hydrogens (tertiary/aromatic N) is 4. The number of sulfonamides is 1. The summed E-state index contributed by atoms with van der Waals surface area (Å²) in [6.45, 7) is 4.24. The Balaban J connectivity index is 1.65. The highest BCUT2D eigenvalue weighted by atomic mass is 32.2. The third kappa shape index (κ3) is 4.48. The zero-order valence-corrected chi connectivity index (χ0v) is 17.1. The van der Waals surface area contributed by atoms with Crippen molar-refractivity contribution in [1.29, 1.82) is 0 Å². The van der Waals surface area contributed by atoms with E-state index in [4.69, 9.17) is 0 Å². The Kier molecular flexibility index (Phi) is 5.95. The normalized spacial score (nSPS) is 16.0.